The van der Waals surface area contributed by atoms with E-state index in [0.29, 0.717) is 12.4 Å². The largest absolute Gasteiger partial charge is 0.497 e. The van der Waals surface area contributed by atoms with Gasteiger partial charge in [-0.2, -0.15) is 5.10 Å². The summed E-state index contributed by atoms with van der Waals surface area (Å²) >= 11 is 0. The Morgan fingerprint density at radius 3 is 2.41 bits per heavy atom. The number of carbonyl (C=O) groups is 1. The van der Waals surface area contributed by atoms with Crippen LogP contribution in [0.3, 0.4) is 0 Å². The summed E-state index contributed by atoms with van der Waals surface area (Å²) in [5.74, 6) is 1.68. The number of ether oxygens (including phenoxy) is 3. The summed E-state index contributed by atoms with van der Waals surface area (Å²) in [5, 5.41) is 3.96. The van der Waals surface area contributed by atoms with Crippen molar-refractivity contribution in [2.45, 2.75) is 6.61 Å². The molecule has 3 aromatic rings. The molecule has 3 rings (SSSR count). The molecule has 148 valence electrons. The third-order valence-electron chi connectivity index (χ3n) is 3.94. The number of nitrogens with zero attached hydrogens (tertiary/aromatic N) is 1. The van der Waals surface area contributed by atoms with Gasteiger partial charge >= 0.3 is 0 Å². The number of methoxy groups -OCH3 is 1. The van der Waals surface area contributed by atoms with E-state index in [0.717, 1.165) is 22.6 Å². The lowest BCUT2D eigenvalue weighted by Gasteiger charge is -2.07. The molecule has 0 heterocycles. The minimum atomic E-state index is -0.353. The van der Waals surface area contributed by atoms with E-state index < -0.39 is 0 Å². The lowest BCUT2D eigenvalue weighted by atomic mass is 10.2. The highest BCUT2D eigenvalue weighted by atomic mass is 16.5. The van der Waals surface area contributed by atoms with Gasteiger partial charge in [-0.05, 0) is 47.5 Å². The molecule has 6 nitrogen and oxygen atoms in total. The Hall–Kier alpha value is -3.80. The van der Waals surface area contributed by atoms with Crippen LogP contribution < -0.4 is 19.6 Å². The van der Waals surface area contributed by atoms with E-state index in [1.165, 1.54) is 0 Å². The molecule has 0 radical (unpaired) electrons. The highest BCUT2D eigenvalue weighted by molar-refractivity contribution is 5.83. The molecular formula is C23H22N2O4. The van der Waals surface area contributed by atoms with E-state index in [2.05, 4.69) is 10.5 Å². The van der Waals surface area contributed by atoms with Crippen LogP contribution in [0.2, 0.25) is 0 Å². The summed E-state index contributed by atoms with van der Waals surface area (Å²) in [6, 6.07) is 24.4. The van der Waals surface area contributed by atoms with E-state index in [9.17, 15) is 4.79 Å². The van der Waals surface area contributed by atoms with Gasteiger partial charge < -0.3 is 14.2 Å². The van der Waals surface area contributed by atoms with Gasteiger partial charge in [0.1, 0.15) is 23.9 Å². The monoisotopic (exact) mass is 390 g/mol. The van der Waals surface area contributed by atoms with Gasteiger partial charge in [0.2, 0.25) is 0 Å². The SMILES string of the molecule is COc1ccc(OCC(=O)N/N=C/c2cccc(OCc3ccccc3)c2)cc1. The molecule has 3 aromatic carbocycles. The molecule has 0 fully saturated rings. The molecule has 0 saturated heterocycles. The number of hydrogen-bond donors (Lipinski definition) is 1. The summed E-state index contributed by atoms with van der Waals surface area (Å²) in [6.45, 7) is 0.352. The second-order valence-corrected chi connectivity index (χ2v) is 6.10. The molecule has 0 bridgehead atoms. The predicted molar refractivity (Wildman–Crippen MR) is 111 cm³/mol. The number of carbonyl (C=O) groups excluding carboxylic acids is 1. The van der Waals surface area contributed by atoms with Crippen molar-refractivity contribution in [3.63, 3.8) is 0 Å². The second-order valence-electron chi connectivity index (χ2n) is 6.10. The topological polar surface area (TPSA) is 69.2 Å². The molecule has 6 heteroatoms. The smallest absolute Gasteiger partial charge is 0.277 e. The van der Waals surface area contributed by atoms with Crippen LogP contribution in [-0.4, -0.2) is 25.8 Å². The van der Waals surface area contributed by atoms with Gasteiger partial charge in [0, 0.05) is 0 Å². The maximum Gasteiger partial charge on any atom is 0.277 e. The molecule has 29 heavy (non-hydrogen) atoms. The average molecular weight is 390 g/mol. The zero-order valence-electron chi connectivity index (χ0n) is 16.1. The maximum absolute atomic E-state index is 11.9. The molecule has 0 aliphatic heterocycles. The summed E-state index contributed by atoms with van der Waals surface area (Å²) < 4.78 is 16.3. The summed E-state index contributed by atoms with van der Waals surface area (Å²) in [5.41, 5.74) is 4.35. The Morgan fingerprint density at radius 2 is 1.66 bits per heavy atom. The van der Waals surface area contributed by atoms with Crippen LogP contribution in [0.15, 0.2) is 84.0 Å². The zero-order valence-corrected chi connectivity index (χ0v) is 16.1. The van der Waals surface area contributed by atoms with Gasteiger partial charge in [0.25, 0.3) is 5.91 Å². The minimum absolute atomic E-state index is 0.135. The van der Waals surface area contributed by atoms with Crippen LogP contribution in [-0.2, 0) is 11.4 Å². The van der Waals surface area contributed by atoms with Crippen LogP contribution in [0.25, 0.3) is 0 Å². The van der Waals surface area contributed by atoms with Gasteiger partial charge in [-0.25, -0.2) is 5.43 Å². The number of rotatable bonds is 9. The van der Waals surface area contributed by atoms with E-state index in [4.69, 9.17) is 14.2 Å². The van der Waals surface area contributed by atoms with Crippen molar-refractivity contribution in [2.24, 2.45) is 5.10 Å². The summed E-state index contributed by atoms with van der Waals surface area (Å²) in [6.07, 6.45) is 1.56. The van der Waals surface area contributed by atoms with Crippen LogP contribution >= 0.6 is 0 Å². The minimum Gasteiger partial charge on any atom is -0.497 e. The molecule has 0 aliphatic carbocycles. The van der Waals surface area contributed by atoms with Gasteiger partial charge in [0.05, 0.1) is 13.3 Å². The number of amides is 1. The first kappa shape index (κ1) is 19.9. The van der Waals surface area contributed by atoms with E-state index in [1.54, 1.807) is 37.6 Å². The molecule has 0 aliphatic rings. The first-order valence-corrected chi connectivity index (χ1v) is 9.08. The molecule has 0 unspecified atom stereocenters. The maximum atomic E-state index is 11.9. The van der Waals surface area contributed by atoms with Crippen molar-refractivity contribution in [3.8, 4) is 17.2 Å². The van der Waals surface area contributed by atoms with Crippen molar-refractivity contribution in [1.82, 2.24) is 5.43 Å². The Labute approximate surface area is 169 Å². The molecular weight excluding hydrogens is 368 g/mol. The number of hydrogen-bond acceptors (Lipinski definition) is 5. The lowest BCUT2D eigenvalue weighted by molar-refractivity contribution is -0.123. The fourth-order valence-corrected chi connectivity index (χ4v) is 2.46. The Balaban J connectivity index is 1.44. The van der Waals surface area contributed by atoms with Crippen molar-refractivity contribution in [3.05, 3.63) is 90.0 Å². The highest BCUT2D eigenvalue weighted by Gasteiger charge is 2.02. The first-order valence-electron chi connectivity index (χ1n) is 9.08. The van der Waals surface area contributed by atoms with Gasteiger partial charge in [0.15, 0.2) is 6.61 Å². The third kappa shape index (κ3) is 6.70. The highest BCUT2D eigenvalue weighted by Crippen LogP contribution is 2.17. The normalized spacial score (nSPS) is 10.5. The van der Waals surface area contributed by atoms with Crippen LogP contribution in [0, 0.1) is 0 Å². The van der Waals surface area contributed by atoms with Gasteiger partial charge in [-0.1, -0.05) is 42.5 Å². The Morgan fingerprint density at radius 1 is 0.897 bits per heavy atom. The molecule has 0 saturated carbocycles. The van der Waals surface area contributed by atoms with Crippen LogP contribution in [0.1, 0.15) is 11.1 Å². The van der Waals surface area contributed by atoms with Crippen molar-refractivity contribution >= 4 is 12.1 Å². The van der Waals surface area contributed by atoms with E-state index in [1.807, 2.05) is 54.6 Å². The summed E-state index contributed by atoms with van der Waals surface area (Å²) in [4.78, 5) is 11.9. The van der Waals surface area contributed by atoms with Crippen LogP contribution in [0.5, 0.6) is 17.2 Å². The molecule has 0 spiro atoms. The number of hydrazone groups is 1. The molecule has 1 N–H and O–H groups in total. The second kappa shape index (κ2) is 10.5. The standard InChI is InChI=1S/C23H22N2O4/c1-27-20-10-12-21(13-11-20)29-17-23(26)25-24-15-19-8-5-9-22(14-19)28-16-18-6-3-2-4-7-18/h2-15H,16-17H2,1H3,(H,25,26)/b24-15+. The Bertz CT molecular complexity index is 941. The number of benzene rings is 3. The van der Waals surface area contributed by atoms with E-state index >= 15 is 0 Å². The van der Waals surface area contributed by atoms with Gasteiger partial charge in [-0.15, -0.1) is 0 Å². The fraction of sp³-hybridized carbons (Fsp3) is 0.130. The van der Waals surface area contributed by atoms with Gasteiger partial charge in [-0.3, -0.25) is 4.79 Å². The fourth-order valence-electron chi connectivity index (χ4n) is 2.46. The van der Waals surface area contributed by atoms with Crippen molar-refractivity contribution in [1.29, 1.82) is 0 Å². The molecule has 0 aromatic heterocycles. The summed E-state index contributed by atoms with van der Waals surface area (Å²) in [7, 11) is 1.59. The quantitative estimate of drug-likeness (QED) is 0.446. The first-order chi connectivity index (χ1) is 14.2. The molecule has 0 atom stereocenters. The third-order valence-corrected chi connectivity index (χ3v) is 3.94. The Kier molecular flexibility index (Phi) is 7.23. The zero-order chi connectivity index (χ0) is 20.3. The number of nitrogens with one attached hydrogen (secondary N) is 1. The van der Waals surface area contributed by atoms with Crippen molar-refractivity contribution in [2.75, 3.05) is 13.7 Å². The van der Waals surface area contributed by atoms with Crippen LogP contribution in [0.4, 0.5) is 0 Å². The lowest BCUT2D eigenvalue weighted by Crippen LogP contribution is -2.24. The molecule has 1 amide bonds. The van der Waals surface area contributed by atoms with Crippen molar-refractivity contribution < 1.29 is 19.0 Å². The predicted octanol–water partition coefficient (Wildman–Crippen LogP) is 3.80. The van der Waals surface area contributed by atoms with E-state index in [-0.39, 0.29) is 12.5 Å². The average Bonchev–Trinajstić information content (AvgIpc) is 2.78.